The number of carbonyl (C=O) groups excluding carboxylic acids is 2. The van der Waals surface area contributed by atoms with E-state index in [0.29, 0.717) is 18.8 Å². The normalized spacial score (nSPS) is 33.7. The molecular weight excluding hydrogens is 344 g/mol. The molecule has 4 rings (SSSR count). The lowest BCUT2D eigenvalue weighted by atomic mass is 9.50. The third kappa shape index (κ3) is 2.29. The average Bonchev–Trinajstić information content (AvgIpc) is 3.31. The van der Waals surface area contributed by atoms with E-state index in [1.54, 1.807) is 6.92 Å². The molecule has 1 spiro atoms. The summed E-state index contributed by atoms with van der Waals surface area (Å²) in [4.78, 5) is 25.1. The number of ether oxygens (including phenoxy) is 3. The van der Waals surface area contributed by atoms with Crippen molar-refractivity contribution >= 4 is 11.9 Å². The van der Waals surface area contributed by atoms with Gasteiger partial charge in [0.1, 0.15) is 5.76 Å². The van der Waals surface area contributed by atoms with Crippen LogP contribution in [0.2, 0.25) is 0 Å². The van der Waals surface area contributed by atoms with Crippen molar-refractivity contribution in [1.29, 1.82) is 0 Å². The predicted octanol–water partition coefficient (Wildman–Crippen LogP) is 3.99. The monoisotopic (exact) mass is 372 g/mol. The molecule has 0 aromatic rings. The van der Waals surface area contributed by atoms with E-state index in [-0.39, 0.29) is 23.3 Å². The maximum Gasteiger partial charge on any atom is 0.338 e. The summed E-state index contributed by atoms with van der Waals surface area (Å²) in [5.41, 5.74) is 1.41. The van der Waals surface area contributed by atoms with E-state index >= 15 is 0 Å². The first-order valence-corrected chi connectivity index (χ1v) is 10.2. The molecule has 4 aliphatic rings. The summed E-state index contributed by atoms with van der Waals surface area (Å²) in [6.45, 7) is 6.02. The molecule has 0 aromatic carbocycles. The van der Waals surface area contributed by atoms with E-state index in [1.807, 2.05) is 13.0 Å². The molecule has 1 saturated carbocycles. The van der Waals surface area contributed by atoms with Crippen LogP contribution < -0.4 is 0 Å². The lowest BCUT2D eigenvalue weighted by Crippen LogP contribution is -2.61. The van der Waals surface area contributed by atoms with Crippen LogP contribution >= 0.6 is 0 Å². The first-order valence-electron chi connectivity index (χ1n) is 10.2. The maximum absolute atomic E-state index is 13.0. The highest BCUT2D eigenvalue weighted by Gasteiger charge is 2.76. The largest absolute Gasteiger partial charge is 0.498 e. The second-order valence-electron chi connectivity index (χ2n) is 7.82. The summed E-state index contributed by atoms with van der Waals surface area (Å²) in [6, 6.07) is 0. The molecule has 0 heterocycles. The Hall–Kier alpha value is -2.04. The van der Waals surface area contributed by atoms with Crippen molar-refractivity contribution in [2.75, 3.05) is 13.2 Å². The topological polar surface area (TPSA) is 61.8 Å². The Morgan fingerprint density at radius 1 is 1.22 bits per heavy atom. The smallest absolute Gasteiger partial charge is 0.338 e. The van der Waals surface area contributed by atoms with Crippen LogP contribution in [0, 0.1) is 11.3 Å². The van der Waals surface area contributed by atoms with Gasteiger partial charge < -0.3 is 14.2 Å². The number of hydrogen-bond acceptors (Lipinski definition) is 5. The van der Waals surface area contributed by atoms with Crippen LogP contribution in [-0.4, -0.2) is 30.8 Å². The Balaban J connectivity index is 1.93. The van der Waals surface area contributed by atoms with Crippen molar-refractivity contribution in [3.63, 3.8) is 0 Å². The Labute approximate surface area is 160 Å². The summed E-state index contributed by atoms with van der Waals surface area (Å²) in [5.74, 6) is 0.278. The van der Waals surface area contributed by atoms with Crippen LogP contribution in [0.5, 0.6) is 0 Å². The highest BCUT2D eigenvalue weighted by molar-refractivity contribution is 5.99. The van der Waals surface area contributed by atoms with E-state index in [9.17, 15) is 9.59 Å². The van der Waals surface area contributed by atoms with Crippen LogP contribution in [0.25, 0.3) is 0 Å². The quantitative estimate of drug-likeness (QED) is 0.660. The second-order valence-corrected chi connectivity index (χ2v) is 7.82. The van der Waals surface area contributed by atoms with Crippen molar-refractivity contribution < 1.29 is 23.8 Å². The van der Waals surface area contributed by atoms with Gasteiger partial charge in [0.2, 0.25) is 0 Å². The standard InChI is InChI=1S/C22H28O5/c1-4-25-17-13-22(27-14(3)23)19(20(24)26-5-2)18(15-9-6-7-10-15)21(22)12-8-11-16(17)21/h9,13,16H,4-8,10-12H2,1-3H3/t16-,21-,22-/m0/s1. The Morgan fingerprint density at radius 2 is 2.04 bits per heavy atom. The third-order valence-corrected chi connectivity index (χ3v) is 6.54. The molecule has 0 bridgehead atoms. The van der Waals surface area contributed by atoms with Gasteiger partial charge in [0.05, 0.1) is 24.2 Å². The molecule has 0 saturated heterocycles. The zero-order chi connectivity index (χ0) is 19.2. The number of esters is 2. The molecule has 3 atom stereocenters. The number of allylic oxidation sites excluding steroid dienone is 3. The molecule has 0 aromatic heterocycles. The second kappa shape index (κ2) is 6.54. The molecule has 1 fully saturated rings. The fourth-order valence-electron chi connectivity index (χ4n) is 5.90. The highest BCUT2D eigenvalue weighted by Crippen LogP contribution is 2.74. The van der Waals surface area contributed by atoms with E-state index < -0.39 is 5.60 Å². The molecule has 0 N–H and O–H groups in total. The number of rotatable bonds is 6. The van der Waals surface area contributed by atoms with Gasteiger partial charge in [0.25, 0.3) is 0 Å². The minimum absolute atomic E-state index is 0.159. The van der Waals surface area contributed by atoms with E-state index in [2.05, 4.69) is 6.08 Å². The molecule has 4 aliphatic carbocycles. The summed E-state index contributed by atoms with van der Waals surface area (Å²) < 4.78 is 17.3. The third-order valence-electron chi connectivity index (χ3n) is 6.54. The minimum Gasteiger partial charge on any atom is -0.498 e. The van der Waals surface area contributed by atoms with Crippen LogP contribution in [0.1, 0.15) is 59.3 Å². The first kappa shape index (κ1) is 18.3. The molecule has 0 radical (unpaired) electrons. The fraction of sp³-hybridized carbons (Fsp3) is 0.636. The predicted molar refractivity (Wildman–Crippen MR) is 99.6 cm³/mol. The van der Waals surface area contributed by atoms with Gasteiger partial charge in [-0.1, -0.05) is 12.5 Å². The van der Waals surface area contributed by atoms with E-state index in [0.717, 1.165) is 49.9 Å². The molecule has 146 valence electrons. The highest BCUT2D eigenvalue weighted by atomic mass is 16.6. The Kier molecular flexibility index (Phi) is 4.44. The van der Waals surface area contributed by atoms with Crippen molar-refractivity contribution in [3.8, 4) is 0 Å². The van der Waals surface area contributed by atoms with Gasteiger partial charge in [-0.05, 0) is 57.1 Å². The molecule has 0 unspecified atom stereocenters. The Morgan fingerprint density at radius 3 is 2.67 bits per heavy atom. The van der Waals surface area contributed by atoms with Gasteiger partial charge in [-0.15, -0.1) is 0 Å². The SMILES string of the molecule is CCOC(=O)C1=C(C2=CCCC2)[C@]23CCC[C@H]2C(OCC)=C[C@]13OC(C)=O. The summed E-state index contributed by atoms with van der Waals surface area (Å²) >= 11 is 0. The molecule has 5 heteroatoms. The lowest BCUT2D eigenvalue weighted by molar-refractivity contribution is -0.167. The number of carbonyl (C=O) groups is 2. The number of hydrogen-bond donors (Lipinski definition) is 0. The molecule has 27 heavy (non-hydrogen) atoms. The van der Waals surface area contributed by atoms with Gasteiger partial charge in [-0.25, -0.2) is 4.79 Å². The zero-order valence-electron chi connectivity index (χ0n) is 16.4. The van der Waals surface area contributed by atoms with Crippen molar-refractivity contribution in [2.24, 2.45) is 11.3 Å². The molecule has 0 aliphatic heterocycles. The van der Waals surface area contributed by atoms with Gasteiger partial charge >= 0.3 is 11.9 Å². The van der Waals surface area contributed by atoms with Crippen LogP contribution in [0.3, 0.4) is 0 Å². The van der Waals surface area contributed by atoms with Crippen molar-refractivity contribution in [1.82, 2.24) is 0 Å². The van der Waals surface area contributed by atoms with Gasteiger partial charge in [0.15, 0.2) is 5.60 Å². The van der Waals surface area contributed by atoms with Gasteiger partial charge in [-0.3, -0.25) is 4.79 Å². The average molecular weight is 372 g/mol. The van der Waals surface area contributed by atoms with E-state index in [4.69, 9.17) is 14.2 Å². The van der Waals surface area contributed by atoms with E-state index in [1.165, 1.54) is 12.5 Å². The van der Waals surface area contributed by atoms with Crippen LogP contribution in [0.4, 0.5) is 0 Å². The fourth-order valence-corrected chi connectivity index (χ4v) is 5.90. The van der Waals surface area contributed by atoms with Gasteiger partial charge in [0, 0.05) is 18.9 Å². The maximum atomic E-state index is 13.0. The summed E-state index contributed by atoms with van der Waals surface area (Å²) in [5, 5.41) is 0. The zero-order valence-corrected chi connectivity index (χ0v) is 16.4. The lowest BCUT2D eigenvalue weighted by Gasteiger charge is -2.56. The van der Waals surface area contributed by atoms with Crippen LogP contribution in [0.15, 0.2) is 34.6 Å². The van der Waals surface area contributed by atoms with Crippen molar-refractivity contribution in [3.05, 3.63) is 34.6 Å². The minimum atomic E-state index is -1.05. The summed E-state index contributed by atoms with van der Waals surface area (Å²) in [7, 11) is 0. The molecule has 5 nitrogen and oxygen atoms in total. The molecule has 0 amide bonds. The van der Waals surface area contributed by atoms with Gasteiger partial charge in [-0.2, -0.15) is 0 Å². The Bertz CT molecular complexity index is 774. The molecular formula is C22H28O5. The van der Waals surface area contributed by atoms with Crippen molar-refractivity contribution in [2.45, 2.75) is 64.9 Å². The summed E-state index contributed by atoms with van der Waals surface area (Å²) in [6.07, 6.45) is 10.2. The van der Waals surface area contributed by atoms with Crippen LogP contribution in [-0.2, 0) is 23.8 Å². The first-order chi connectivity index (χ1) is 13.0.